The smallest absolute Gasteiger partial charge is 0.223 e. The maximum atomic E-state index is 11.7. The molecule has 0 aromatic rings. The molecule has 4 N–H and O–H groups in total. The molecule has 0 aliphatic heterocycles. The summed E-state index contributed by atoms with van der Waals surface area (Å²) < 4.78 is 0. The summed E-state index contributed by atoms with van der Waals surface area (Å²) in [5, 5.41) is 11.6. The predicted molar refractivity (Wildman–Crippen MR) is 59.2 cm³/mol. The van der Waals surface area contributed by atoms with Crippen LogP contribution < -0.4 is 11.1 Å². The molecule has 1 amide bonds. The second-order valence-corrected chi connectivity index (χ2v) is 4.55. The summed E-state index contributed by atoms with van der Waals surface area (Å²) in [5.41, 5.74) is 5.59. The summed E-state index contributed by atoms with van der Waals surface area (Å²) in [6, 6.07) is -0.135. The molecule has 1 aliphatic rings. The molecule has 15 heavy (non-hydrogen) atoms. The van der Waals surface area contributed by atoms with Crippen molar-refractivity contribution in [1.29, 1.82) is 0 Å². The molecular formula is C11H22N2O2. The Morgan fingerprint density at radius 2 is 2.07 bits per heavy atom. The maximum absolute atomic E-state index is 11.7. The first-order valence-corrected chi connectivity index (χ1v) is 5.78. The van der Waals surface area contributed by atoms with E-state index in [0.29, 0.717) is 5.92 Å². The zero-order valence-corrected chi connectivity index (χ0v) is 9.41. The van der Waals surface area contributed by atoms with Crippen molar-refractivity contribution in [2.45, 2.75) is 38.6 Å². The van der Waals surface area contributed by atoms with Crippen LogP contribution in [0.3, 0.4) is 0 Å². The lowest BCUT2D eigenvalue weighted by Crippen LogP contribution is -2.40. The molecule has 0 saturated heterocycles. The van der Waals surface area contributed by atoms with Crippen LogP contribution in [0.5, 0.6) is 0 Å². The summed E-state index contributed by atoms with van der Waals surface area (Å²) in [4.78, 5) is 11.7. The van der Waals surface area contributed by atoms with E-state index in [-0.39, 0.29) is 24.5 Å². The molecule has 1 atom stereocenters. The highest BCUT2D eigenvalue weighted by atomic mass is 16.3. The van der Waals surface area contributed by atoms with Gasteiger partial charge in [0.25, 0.3) is 0 Å². The molecule has 1 fully saturated rings. The van der Waals surface area contributed by atoms with Crippen LogP contribution in [-0.2, 0) is 4.79 Å². The number of carbonyl (C=O) groups is 1. The molecule has 4 heteroatoms. The molecular weight excluding hydrogens is 192 g/mol. The number of aliphatic hydroxyl groups excluding tert-OH is 1. The zero-order chi connectivity index (χ0) is 11.3. The number of rotatable bonds is 4. The Kier molecular flexibility index (Phi) is 5.05. The lowest BCUT2D eigenvalue weighted by Gasteiger charge is -2.27. The fourth-order valence-electron chi connectivity index (χ4n) is 2.07. The number of hydrogen-bond acceptors (Lipinski definition) is 3. The number of nitrogens with one attached hydrogen (secondary N) is 1. The fourth-order valence-corrected chi connectivity index (χ4v) is 2.07. The van der Waals surface area contributed by atoms with Crippen molar-refractivity contribution in [2.24, 2.45) is 17.6 Å². The van der Waals surface area contributed by atoms with Crippen molar-refractivity contribution in [1.82, 2.24) is 5.32 Å². The summed E-state index contributed by atoms with van der Waals surface area (Å²) in [6.07, 6.45) is 3.99. The molecule has 0 spiro atoms. The van der Waals surface area contributed by atoms with Crippen LogP contribution in [0, 0.1) is 11.8 Å². The molecule has 0 aromatic carbocycles. The Bertz CT molecular complexity index is 201. The first kappa shape index (κ1) is 12.5. The van der Waals surface area contributed by atoms with Gasteiger partial charge in [-0.15, -0.1) is 0 Å². The highest BCUT2D eigenvalue weighted by Gasteiger charge is 2.25. The monoisotopic (exact) mass is 214 g/mol. The molecule has 1 saturated carbocycles. The van der Waals surface area contributed by atoms with E-state index in [0.717, 1.165) is 32.2 Å². The van der Waals surface area contributed by atoms with E-state index in [1.165, 1.54) is 0 Å². The SMILES string of the molecule is CC(CO)NC(=O)C1CCC(CN)CC1. The minimum atomic E-state index is -0.135. The number of hydrogen-bond donors (Lipinski definition) is 3. The number of amides is 1. The van der Waals surface area contributed by atoms with E-state index in [1.54, 1.807) is 0 Å². The van der Waals surface area contributed by atoms with Crippen molar-refractivity contribution in [3.05, 3.63) is 0 Å². The van der Waals surface area contributed by atoms with Gasteiger partial charge in [0.15, 0.2) is 0 Å². The van der Waals surface area contributed by atoms with E-state index in [1.807, 2.05) is 6.92 Å². The maximum Gasteiger partial charge on any atom is 0.223 e. The molecule has 1 unspecified atom stereocenters. The third-order valence-corrected chi connectivity index (χ3v) is 3.21. The lowest BCUT2D eigenvalue weighted by molar-refractivity contribution is -0.127. The van der Waals surface area contributed by atoms with E-state index < -0.39 is 0 Å². The van der Waals surface area contributed by atoms with E-state index in [2.05, 4.69) is 5.32 Å². The van der Waals surface area contributed by atoms with E-state index in [9.17, 15) is 4.79 Å². The largest absolute Gasteiger partial charge is 0.394 e. The van der Waals surface area contributed by atoms with Gasteiger partial charge in [0.05, 0.1) is 6.61 Å². The molecule has 0 heterocycles. The van der Waals surface area contributed by atoms with Gasteiger partial charge in [-0.3, -0.25) is 4.79 Å². The molecule has 0 radical (unpaired) electrons. The minimum Gasteiger partial charge on any atom is -0.394 e. The van der Waals surface area contributed by atoms with Crippen LogP contribution in [0.4, 0.5) is 0 Å². The van der Waals surface area contributed by atoms with Crippen LogP contribution in [0.2, 0.25) is 0 Å². The third kappa shape index (κ3) is 3.80. The molecule has 0 aromatic heterocycles. The van der Waals surface area contributed by atoms with Gasteiger partial charge >= 0.3 is 0 Å². The summed E-state index contributed by atoms with van der Waals surface area (Å²) in [6.45, 7) is 2.55. The van der Waals surface area contributed by atoms with Gasteiger partial charge in [-0.2, -0.15) is 0 Å². The number of carbonyl (C=O) groups excluding carboxylic acids is 1. The Morgan fingerprint density at radius 3 is 2.53 bits per heavy atom. The van der Waals surface area contributed by atoms with Crippen LogP contribution in [0.1, 0.15) is 32.6 Å². The van der Waals surface area contributed by atoms with Gasteiger partial charge in [-0.05, 0) is 45.1 Å². The van der Waals surface area contributed by atoms with Crippen molar-refractivity contribution in [3.8, 4) is 0 Å². The number of nitrogens with two attached hydrogens (primary N) is 1. The Balaban J connectivity index is 2.30. The highest BCUT2D eigenvalue weighted by molar-refractivity contribution is 5.78. The molecule has 4 nitrogen and oxygen atoms in total. The van der Waals surface area contributed by atoms with Gasteiger partial charge in [-0.25, -0.2) is 0 Å². The highest BCUT2D eigenvalue weighted by Crippen LogP contribution is 2.28. The topological polar surface area (TPSA) is 75.3 Å². The molecule has 88 valence electrons. The third-order valence-electron chi connectivity index (χ3n) is 3.21. The van der Waals surface area contributed by atoms with E-state index >= 15 is 0 Å². The number of aliphatic hydroxyl groups is 1. The van der Waals surface area contributed by atoms with Crippen molar-refractivity contribution in [3.63, 3.8) is 0 Å². The van der Waals surface area contributed by atoms with Gasteiger partial charge in [0, 0.05) is 12.0 Å². The Labute approximate surface area is 91.2 Å². The van der Waals surface area contributed by atoms with Crippen LogP contribution in [0.25, 0.3) is 0 Å². The fraction of sp³-hybridized carbons (Fsp3) is 0.909. The molecule has 1 aliphatic carbocycles. The summed E-state index contributed by atoms with van der Waals surface area (Å²) in [5.74, 6) is 0.818. The normalized spacial score (nSPS) is 28.5. The minimum absolute atomic E-state index is 0.00385. The van der Waals surface area contributed by atoms with Crippen LogP contribution >= 0.6 is 0 Å². The zero-order valence-electron chi connectivity index (χ0n) is 9.41. The Morgan fingerprint density at radius 1 is 1.47 bits per heavy atom. The lowest BCUT2D eigenvalue weighted by atomic mass is 9.81. The second-order valence-electron chi connectivity index (χ2n) is 4.55. The average Bonchev–Trinajstić information content (AvgIpc) is 2.29. The summed E-state index contributed by atoms with van der Waals surface area (Å²) >= 11 is 0. The first-order chi connectivity index (χ1) is 7.17. The van der Waals surface area contributed by atoms with Crippen LogP contribution in [0.15, 0.2) is 0 Å². The van der Waals surface area contributed by atoms with Gasteiger partial charge in [0.1, 0.15) is 0 Å². The molecule has 0 bridgehead atoms. The predicted octanol–water partition coefficient (Wildman–Crippen LogP) is 0.249. The van der Waals surface area contributed by atoms with Gasteiger partial charge in [-0.1, -0.05) is 0 Å². The quantitative estimate of drug-likeness (QED) is 0.628. The van der Waals surface area contributed by atoms with E-state index in [4.69, 9.17) is 10.8 Å². The first-order valence-electron chi connectivity index (χ1n) is 5.78. The van der Waals surface area contributed by atoms with Crippen molar-refractivity contribution < 1.29 is 9.90 Å². The Hall–Kier alpha value is -0.610. The standard InChI is InChI=1S/C11H22N2O2/c1-8(7-14)13-11(15)10-4-2-9(6-12)3-5-10/h8-10,14H,2-7,12H2,1H3,(H,13,15). The van der Waals surface area contributed by atoms with Crippen molar-refractivity contribution in [2.75, 3.05) is 13.2 Å². The van der Waals surface area contributed by atoms with Crippen molar-refractivity contribution >= 4 is 5.91 Å². The van der Waals surface area contributed by atoms with Gasteiger partial charge < -0.3 is 16.2 Å². The second kappa shape index (κ2) is 6.08. The summed E-state index contributed by atoms with van der Waals surface area (Å²) in [7, 11) is 0. The van der Waals surface area contributed by atoms with Gasteiger partial charge in [0.2, 0.25) is 5.91 Å². The molecule has 1 rings (SSSR count). The van der Waals surface area contributed by atoms with Crippen LogP contribution in [-0.4, -0.2) is 30.2 Å². The average molecular weight is 214 g/mol.